The maximum absolute atomic E-state index is 10.9. The fourth-order valence-electron chi connectivity index (χ4n) is 1.07. The molecule has 0 rings (SSSR count). The zero-order chi connectivity index (χ0) is 12.9. The highest BCUT2D eigenvalue weighted by Gasteiger charge is 1.98. The fraction of sp³-hybridized carbons (Fsp3) is 0.833. The van der Waals surface area contributed by atoms with Crippen molar-refractivity contribution in [2.45, 2.75) is 33.1 Å². The topological polar surface area (TPSA) is 64.6 Å². The summed E-state index contributed by atoms with van der Waals surface area (Å²) in [5.41, 5.74) is 0. The van der Waals surface area contributed by atoms with Crippen molar-refractivity contribution < 1.29 is 19.1 Å². The molecule has 0 aromatic rings. The highest BCUT2D eigenvalue weighted by atomic mass is 16.5. The summed E-state index contributed by atoms with van der Waals surface area (Å²) in [4.78, 5) is 21.8. The van der Waals surface area contributed by atoms with E-state index in [0.717, 1.165) is 0 Å². The molecule has 0 spiro atoms. The van der Waals surface area contributed by atoms with Gasteiger partial charge in [-0.05, 0) is 0 Å². The highest BCUT2D eigenvalue weighted by molar-refractivity contribution is 5.78. The Morgan fingerprint density at radius 3 is 2.18 bits per heavy atom. The lowest BCUT2D eigenvalue weighted by atomic mass is 10.2. The first-order valence-corrected chi connectivity index (χ1v) is 6.14. The van der Waals surface area contributed by atoms with E-state index in [1.165, 1.54) is 0 Å². The summed E-state index contributed by atoms with van der Waals surface area (Å²) >= 11 is 0. The third-order valence-corrected chi connectivity index (χ3v) is 2.18. The van der Waals surface area contributed by atoms with E-state index < -0.39 is 0 Å². The lowest BCUT2D eigenvalue weighted by molar-refractivity contribution is -0.121. The van der Waals surface area contributed by atoms with E-state index >= 15 is 0 Å². The maximum Gasteiger partial charge on any atom is 0.219 e. The number of carbonyl (C=O) groups is 2. The van der Waals surface area contributed by atoms with Gasteiger partial charge in [-0.2, -0.15) is 0 Å². The minimum atomic E-state index is 0.0305. The van der Waals surface area contributed by atoms with Gasteiger partial charge in [0.05, 0.1) is 26.4 Å². The van der Waals surface area contributed by atoms with Gasteiger partial charge in [0.25, 0.3) is 0 Å². The van der Waals surface area contributed by atoms with Gasteiger partial charge < -0.3 is 14.8 Å². The maximum atomic E-state index is 10.9. The van der Waals surface area contributed by atoms with E-state index in [2.05, 4.69) is 5.32 Å². The molecule has 0 aliphatic rings. The molecular weight excluding hydrogens is 222 g/mol. The van der Waals surface area contributed by atoms with Gasteiger partial charge in [0, 0.05) is 25.8 Å². The summed E-state index contributed by atoms with van der Waals surface area (Å²) in [6.07, 6.45) is 1.54. The van der Waals surface area contributed by atoms with Crippen LogP contribution in [0.5, 0.6) is 0 Å². The highest BCUT2D eigenvalue weighted by Crippen LogP contribution is 1.89. The molecule has 0 heterocycles. The minimum Gasteiger partial charge on any atom is -0.379 e. The SMILES string of the molecule is CCC(=O)CCOCCOCCNC(=O)CC. The van der Waals surface area contributed by atoms with Crippen LogP contribution in [-0.2, 0) is 19.1 Å². The first-order chi connectivity index (χ1) is 8.20. The number of ether oxygens (including phenoxy) is 2. The standard InChI is InChI=1S/C12H23NO4/c1-3-11(14)5-7-16-9-10-17-8-6-13-12(15)4-2/h3-10H2,1-2H3,(H,13,15). The summed E-state index contributed by atoms with van der Waals surface area (Å²) in [7, 11) is 0. The Balaban J connectivity index is 3.08. The normalized spacial score (nSPS) is 10.2. The zero-order valence-electron chi connectivity index (χ0n) is 10.8. The van der Waals surface area contributed by atoms with Gasteiger partial charge in [-0.25, -0.2) is 0 Å². The molecule has 0 fully saturated rings. The molecule has 0 aromatic carbocycles. The summed E-state index contributed by atoms with van der Waals surface area (Å²) in [6.45, 7) is 6.10. The zero-order valence-corrected chi connectivity index (χ0v) is 10.8. The van der Waals surface area contributed by atoms with Crippen LogP contribution >= 0.6 is 0 Å². The number of carbonyl (C=O) groups excluding carboxylic acids is 2. The molecule has 0 radical (unpaired) electrons. The van der Waals surface area contributed by atoms with E-state index in [1.807, 2.05) is 13.8 Å². The van der Waals surface area contributed by atoms with Gasteiger partial charge in [-0.15, -0.1) is 0 Å². The molecule has 0 aliphatic heterocycles. The average Bonchev–Trinajstić information content (AvgIpc) is 2.35. The largest absolute Gasteiger partial charge is 0.379 e. The van der Waals surface area contributed by atoms with Crippen LogP contribution in [0.1, 0.15) is 33.1 Å². The van der Waals surface area contributed by atoms with Crippen molar-refractivity contribution in [3.05, 3.63) is 0 Å². The van der Waals surface area contributed by atoms with E-state index in [4.69, 9.17) is 9.47 Å². The number of hydrogen-bond acceptors (Lipinski definition) is 4. The molecular formula is C12H23NO4. The Labute approximate surface area is 103 Å². The van der Waals surface area contributed by atoms with Crippen molar-refractivity contribution in [1.29, 1.82) is 0 Å². The Morgan fingerprint density at radius 2 is 1.59 bits per heavy atom. The van der Waals surface area contributed by atoms with Crippen LogP contribution in [0, 0.1) is 0 Å². The monoisotopic (exact) mass is 245 g/mol. The minimum absolute atomic E-state index is 0.0305. The first kappa shape index (κ1) is 16.1. The van der Waals surface area contributed by atoms with Crippen LogP contribution in [0.2, 0.25) is 0 Å². The van der Waals surface area contributed by atoms with Crippen molar-refractivity contribution in [2.75, 3.05) is 33.0 Å². The fourth-order valence-corrected chi connectivity index (χ4v) is 1.07. The smallest absolute Gasteiger partial charge is 0.219 e. The van der Waals surface area contributed by atoms with E-state index in [-0.39, 0.29) is 11.7 Å². The molecule has 1 N–H and O–H groups in total. The van der Waals surface area contributed by atoms with Crippen LogP contribution in [-0.4, -0.2) is 44.7 Å². The summed E-state index contributed by atoms with van der Waals surface area (Å²) in [5.74, 6) is 0.246. The predicted molar refractivity (Wildman–Crippen MR) is 64.9 cm³/mol. The Hall–Kier alpha value is -0.940. The average molecular weight is 245 g/mol. The van der Waals surface area contributed by atoms with Gasteiger partial charge in [0.1, 0.15) is 5.78 Å². The quantitative estimate of drug-likeness (QED) is 0.550. The summed E-state index contributed by atoms with van der Waals surface area (Å²) < 4.78 is 10.5. The second-order valence-electron chi connectivity index (χ2n) is 3.57. The van der Waals surface area contributed by atoms with Crippen LogP contribution in [0.15, 0.2) is 0 Å². The van der Waals surface area contributed by atoms with Gasteiger partial charge >= 0.3 is 0 Å². The van der Waals surface area contributed by atoms with Gasteiger partial charge in [0.2, 0.25) is 5.91 Å². The molecule has 17 heavy (non-hydrogen) atoms. The van der Waals surface area contributed by atoms with Crippen molar-refractivity contribution in [1.82, 2.24) is 5.32 Å². The van der Waals surface area contributed by atoms with Gasteiger partial charge in [0.15, 0.2) is 0 Å². The molecule has 0 aliphatic carbocycles. The Bertz CT molecular complexity index is 197. The molecule has 0 saturated carbocycles. The molecule has 5 nitrogen and oxygen atoms in total. The van der Waals surface area contributed by atoms with Crippen molar-refractivity contribution >= 4 is 11.7 Å². The van der Waals surface area contributed by atoms with Crippen LogP contribution in [0.4, 0.5) is 0 Å². The van der Waals surface area contributed by atoms with E-state index in [9.17, 15) is 9.59 Å². The Morgan fingerprint density at radius 1 is 0.941 bits per heavy atom. The van der Waals surface area contributed by atoms with Crippen LogP contribution in [0.3, 0.4) is 0 Å². The van der Waals surface area contributed by atoms with Crippen molar-refractivity contribution in [2.24, 2.45) is 0 Å². The number of Topliss-reactive ketones (excluding diaryl/α,β-unsaturated/α-hetero) is 1. The molecule has 0 bridgehead atoms. The number of rotatable bonds is 11. The molecule has 0 saturated heterocycles. The lowest BCUT2D eigenvalue weighted by Gasteiger charge is -2.06. The number of hydrogen-bond donors (Lipinski definition) is 1. The predicted octanol–water partition coefficient (Wildman–Crippen LogP) is 0.915. The van der Waals surface area contributed by atoms with Crippen molar-refractivity contribution in [3.63, 3.8) is 0 Å². The van der Waals surface area contributed by atoms with Gasteiger partial charge in [-0.3, -0.25) is 9.59 Å². The number of ketones is 1. The molecule has 5 heteroatoms. The lowest BCUT2D eigenvalue weighted by Crippen LogP contribution is -2.26. The molecule has 0 atom stereocenters. The van der Waals surface area contributed by atoms with E-state index in [0.29, 0.717) is 52.2 Å². The molecule has 1 amide bonds. The van der Waals surface area contributed by atoms with Crippen LogP contribution < -0.4 is 5.32 Å². The third kappa shape index (κ3) is 11.3. The summed E-state index contributed by atoms with van der Waals surface area (Å²) in [5, 5.41) is 2.71. The number of nitrogens with one attached hydrogen (secondary N) is 1. The second kappa shape index (κ2) is 11.5. The number of amides is 1. The first-order valence-electron chi connectivity index (χ1n) is 6.14. The van der Waals surface area contributed by atoms with Crippen LogP contribution in [0.25, 0.3) is 0 Å². The molecule has 100 valence electrons. The molecule has 0 unspecified atom stereocenters. The van der Waals surface area contributed by atoms with E-state index in [1.54, 1.807) is 0 Å². The molecule has 0 aromatic heterocycles. The third-order valence-electron chi connectivity index (χ3n) is 2.18. The Kier molecular flexibility index (Phi) is 10.9. The van der Waals surface area contributed by atoms with Crippen molar-refractivity contribution in [3.8, 4) is 0 Å². The second-order valence-corrected chi connectivity index (χ2v) is 3.57. The van der Waals surface area contributed by atoms with Gasteiger partial charge in [-0.1, -0.05) is 13.8 Å². The summed E-state index contributed by atoms with van der Waals surface area (Å²) in [6, 6.07) is 0.